The quantitative estimate of drug-likeness (QED) is 0.773. The van der Waals surface area contributed by atoms with Gasteiger partial charge in [-0.05, 0) is 26.2 Å². The second-order valence-corrected chi connectivity index (χ2v) is 6.48. The van der Waals surface area contributed by atoms with Crippen molar-refractivity contribution in [3.63, 3.8) is 0 Å². The van der Waals surface area contributed by atoms with Crippen molar-refractivity contribution in [2.24, 2.45) is 0 Å². The Morgan fingerprint density at radius 3 is 2.75 bits per heavy atom. The molecule has 2 heterocycles. The van der Waals surface area contributed by atoms with Crippen molar-refractivity contribution < 1.29 is 19.0 Å². The molecular weight excluding hydrogens is 312 g/mol. The van der Waals surface area contributed by atoms with Gasteiger partial charge in [-0.2, -0.15) is 0 Å². The van der Waals surface area contributed by atoms with Crippen LogP contribution in [0.4, 0.5) is 0 Å². The summed E-state index contributed by atoms with van der Waals surface area (Å²) >= 11 is 0. The highest BCUT2D eigenvalue weighted by Crippen LogP contribution is 2.29. The predicted octanol–water partition coefficient (Wildman–Crippen LogP) is 1.14. The number of aromatic nitrogens is 2. The maximum Gasteiger partial charge on any atom is 0.222 e. The van der Waals surface area contributed by atoms with E-state index in [0.717, 1.165) is 19.4 Å². The number of nitrogens with zero attached hydrogens (tertiary/aromatic N) is 4. The van der Waals surface area contributed by atoms with Crippen molar-refractivity contribution in [2.45, 2.75) is 51.7 Å². The Morgan fingerprint density at radius 1 is 1.42 bits per heavy atom. The number of hydrogen-bond donors (Lipinski definition) is 0. The minimum Gasteiger partial charge on any atom is -0.376 e. The maximum atomic E-state index is 12.4. The zero-order valence-electron chi connectivity index (χ0n) is 14.9. The van der Waals surface area contributed by atoms with E-state index in [1.165, 1.54) is 0 Å². The van der Waals surface area contributed by atoms with Crippen molar-refractivity contribution in [2.75, 3.05) is 27.2 Å². The normalized spacial score (nSPS) is 20.9. The van der Waals surface area contributed by atoms with E-state index in [0.29, 0.717) is 37.3 Å². The summed E-state index contributed by atoms with van der Waals surface area (Å²) in [5.74, 6) is 0.0577. The first kappa shape index (κ1) is 18.4. The third kappa shape index (κ3) is 4.31. The fourth-order valence-electron chi connectivity index (χ4n) is 3.07. The number of carbonyl (C=O) groups excluding carboxylic acids is 2. The van der Waals surface area contributed by atoms with E-state index >= 15 is 0 Å². The molecule has 1 unspecified atom stereocenters. The Kier molecular flexibility index (Phi) is 5.93. The van der Waals surface area contributed by atoms with E-state index in [-0.39, 0.29) is 11.8 Å². The number of amides is 2. The molecule has 2 rings (SSSR count). The van der Waals surface area contributed by atoms with Gasteiger partial charge in [0.1, 0.15) is 11.4 Å². The van der Waals surface area contributed by atoms with Crippen molar-refractivity contribution in [1.29, 1.82) is 0 Å². The van der Waals surface area contributed by atoms with Gasteiger partial charge < -0.3 is 14.5 Å². The second kappa shape index (κ2) is 7.74. The van der Waals surface area contributed by atoms with Crippen molar-refractivity contribution in [1.82, 2.24) is 20.1 Å². The summed E-state index contributed by atoms with van der Waals surface area (Å²) in [5.41, 5.74) is 0.909. The monoisotopic (exact) mass is 338 g/mol. The third-order valence-corrected chi connectivity index (χ3v) is 4.77. The van der Waals surface area contributed by atoms with Crippen LogP contribution in [-0.2, 0) is 20.9 Å². The van der Waals surface area contributed by atoms with Gasteiger partial charge in [-0.1, -0.05) is 10.3 Å². The summed E-state index contributed by atoms with van der Waals surface area (Å²) in [6, 6.07) is 0. The molecule has 1 aliphatic heterocycles. The van der Waals surface area contributed by atoms with E-state index in [1.807, 2.05) is 0 Å². The number of carbonyl (C=O) groups is 2. The van der Waals surface area contributed by atoms with E-state index in [4.69, 9.17) is 4.74 Å². The summed E-state index contributed by atoms with van der Waals surface area (Å²) in [7, 11) is 3.39. The molecule has 24 heavy (non-hydrogen) atoms. The first-order valence-electron chi connectivity index (χ1n) is 8.19. The number of ether oxygens (including phenoxy) is 1. The molecule has 0 aliphatic carbocycles. The molecule has 2 amide bonds. The van der Waals surface area contributed by atoms with Crippen molar-refractivity contribution in [3.8, 4) is 0 Å². The lowest BCUT2D eigenvalue weighted by Gasteiger charge is -2.41. The lowest BCUT2D eigenvalue weighted by atomic mass is 9.87. The molecule has 0 spiro atoms. The maximum absolute atomic E-state index is 12.4. The van der Waals surface area contributed by atoms with E-state index in [2.05, 4.69) is 14.9 Å². The minimum absolute atomic E-state index is 0.00812. The fraction of sp³-hybridized carbons (Fsp3) is 0.750. The van der Waals surface area contributed by atoms with Crippen LogP contribution in [-0.4, -0.2) is 64.8 Å². The van der Waals surface area contributed by atoms with Gasteiger partial charge >= 0.3 is 0 Å². The highest BCUT2D eigenvalue weighted by Gasteiger charge is 2.37. The Morgan fingerprint density at radius 2 is 2.17 bits per heavy atom. The average Bonchev–Trinajstić information content (AvgIpc) is 2.97. The van der Waals surface area contributed by atoms with Gasteiger partial charge in [0.05, 0.1) is 12.1 Å². The summed E-state index contributed by atoms with van der Waals surface area (Å²) in [4.78, 5) is 27.4. The summed E-state index contributed by atoms with van der Waals surface area (Å²) in [6.07, 6.45) is 2.70. The SMILES string of the molecule is COC1(CCC(=O)N(C)Cc2nonc2C)CCCN(C(C)=O)C1. The third-order valence-electron chi connectivity index (χ3n) is 4.77. The molecule has 0 N–H and O–H groups in total. The molecule has 0 bridgehead atoms. The smallest absolute Gasteiger partial charge is 0.222 e. The fourth-order valence-corrected chi connectivity index (χ4v) is 3.07. The van der Waals surface area contributed by atoms with Gasteiger partial charge in [0.15, 0.2) is 0 Å². The van der Waals surface area contributed by atoms with Gasteiger partial charge in [0, 0.05) is 40.6 Å². The van der Waals surface area contributed by atoms with Crippen LogP contribution in [0.3, 0.4) is 0 Å². The van der Waals surface area contributed by atoms with E-state index in [9.17, 15) is 9.59 Å². The van der Waals surface area contributed by atoms with Crippen molar-refractivity contribution in [3.05, 3.63) is 11.4 Å². The van der Waals surface area contributed by atoms with Crippen LogP contribution in [0, 0.1) is 6.92 Å². The van der Waals surface area contributed by atoms with Crippen LogP contribution in [0.1, 0.15) is 44.0 Å². The van der Waals surface area contributed by atoms with Crippen LogP contribution in [0.2, 0.25) is 0 Å². The van der Waals surface area contributed by atoms with E-state index in [1.54, 1.807) is 37.8 Å². The largest absolute Gasteiger partial charge is 0.376 e. The first-order valence-corrected chi connectivity index (χ1v) is 8.19. The molecule has 0 radical (unpaired) electrons. The van der Waals surface area contributed by atoms with Gasteiger partial charge in [0.25, 0.3) is 0 Å². The standard InChI is InChI=1S/C16H26N4O4/c1-12-14(18-24-17-12)10-19(3)15(22)6-8-16(23-4)7-5-9-20(11-16)13(2)21/h5-11H2,1-4H3. The number of aryl methyl sites for hydroxylation is 1. The van der Waals surface area contributed by atoms with Crippen LogP contribution < -0.4 is 0 Å². The number of methoxy groups -OCH3 is 1. The Bertz CT molecular complexity index is 588. The van der Waals surface area contributed by atoms with Gasteiger partial charge in [-0.25, -0.2) is 4.63 Å². The Hall–Kier alpha value is -1.96. The highest BCUT2D eigenvalue weighted by molar-refractivity contribution is 5.76. The average molecular weight is 338 g/mol. The lowest BCUT2D eigenvalue weighted by Crippen LogP contribution is -2.51. The van der Waals surface area contributed by atoms with Crippen LogP contribution >= 0.6 is 0 Å². The van der Waals surface area contributed by atoms with Gasteiger partial charge in [-0.3, -0.25) is 9.59 Å². The molecule has 134 valence electrons. The highest BCUT2D eigenvalue weighted by atomic mass is 16.6. The van der Waals surface area contributed by atoms with Crippen LogP contribution in [0.15, 0.2) is 4.63 Å². The summed E-state index contributed by atoms with van der Waals surface area (Å²) < 4.78 is 10.4. The zero-order chi connectivity index (χ0) is 17.7. The molecule has 1 atom stereocenters. The molecule has 0 saturated carbocycles. The van der Waals surface area contributed by atoms with Crippen LogP contribution in [0.25, 0.3) is 0 Å². The van der Waals surface area contributed by atoms with Gasteiger partial charge in [0.2, 0.25) is 11.8 Å². The predicted molar refractivity (Wildman–Crippen MR) is 86.0 cm³/mol. The van der Waals surface area contributed by atoms with Gasteiger partial charge in [-0.15, -0.1) is 0 Å². The Balaban J connectivity index is 1.91. The number of piperidine rings is 1. The molecule has 1 saturated heterocycles. The number of hydrogen-bond acceptors (Lipinski definition) is 6. The molecule has 1 aromatic rings. The second-order valence-electron chi connectivity index (χ2n) is 6.48. The minimum atomic E-state index is -0.439. The molecule has 1 aliphatic rings. The van der Waals surface area contributed by atoms with Crippen LogP contribution in [0.5, 0.6) is 0 Å². The molecule has 1 fully saturated rings. The summed E-state index contributed by atoms with van der Waals surface area (Å²) in [5, 5.41) is 7.51. The van der Waals surface area contributed by atoms with E-state index < -0.39 is 5.60 Å². The number of likely N-dealkylation sites (tertiary alicyclic amines) is 1. The molecule has 1 aromatic heterocycles. The molecular formula is C16H26N4O4. The summed E-state index contributed by atoms with van der Waals surface area (Å²) in [6.45, 7) is 5.03. The first-order chi connectivity index (χ1) is 11.4. The zero-order valence-corrected chi connectivity index (χ0v) is 14.9. The molecule has 0 aromatic carbocycles. The molecule has 8 nitrogen and oxygen atoms in total. The lowest BCUT2D eigenvalue weighted by molar-refractivity contribution is -0.140. The molecule has 8 heteroatoms. The number of rotatable bonds is 6. The Labute approximate surface area is 142 Å². The topological polar surface area (TPSA) is 88.8 Å². The van der Waals surface area contributed by atoms with Crippen molar-refractivity contribution >= 4 is 11.8 Å².